The zero-order valence-corrected chi connectivity index (χ0v) is 17.5. The van der Waals surface area contributed by atoms with Gasteiger partial charge in [-0.25, -0.2) is 4.68 Å². The summed E-state index contributed by atoms with van der Waals surface area (Å²) < 4.78 is 1.64. The van der Waals surface area contributed by atoms with E-state index in [2.05, 4.69) is 10.4 Å². The van der Waals surface area contributed by atoms with Crippen molar-refractivity contribution < 1.29 is 9.59 Å². The van der Waals surface area contributed by atoms with Crippen LogP contribution in [0.3, 0.4) is 0 Å². The van der Waals surface area contributed by atoms with Crippen LogP contribution in [0.15, 0.2) is 54.6 Å². The molecule has 2 aromatic carbocycles. The summed E-state index contributed by atoms with van der Waals surface area (Å²) in [5.74, 6) is -0.121. The Hall–Kier alpha value is -3.12. The van der Waals surface area contributed by atoms with Crippen molar-refractivity contribution in [2.45, 2.75) is 32.9 Å². The minimum atomic E-state index is -0.300. The van der Waals surface area contributed by atoms with E-state index in [9.17, 15) is 9.59 Å². The van der Waals surface area contributed by atoms with Crippen LogP contribution >= 0.6 is 11.6 Å². The lowest BCUT2D eigenvalue weighted by Crippen LogP contribution is -2.23. The Bertz CT molecular complexity index is 1080. The number of nitrogens with zero attached hydrogens (tertiary/aromatic N) is 3. The first-order valence-electron chi connectivity index (χ1n) is 9.96. The summed E-state index contributed by atoms with van der Waals surface area (Å²) >= 11 is 6.50. The van der Waals surface area contributed by atoms with Crippen molar-refractivity contribution in [3.8, 4) is 0 Å². The predicted molar refractivity (Wildman–Crippen MR) is 117 cm³/mol. The van der Waals surface area contributed by atoms with Gasteiger partial charge in [0.25, 0.3) is 5.91 Å². The summed E-state index contributed by atoms with van der Waals surface area (Å²) in [4.78, 5) is 26.6. The smallest absolute Gasteiger partial charge is 0.260 e. The highest BCUT2D eigenvalue weighted by Crippen LogP contribution is 2.23. The van der Waals surface area contributed by atoms with Crippen molar-refractivity contribution in [3.63, 3.8) is 0 Å². The van der Waals surface area contributed by atoms with Crippen molar-refractivity contribution in [1.82, 2.24) is 14.7 Å². The summed E-state index contributed by atoms with van der Waals surface area (Å²) in [6, 6.07) is 17.4. The summed E-state index contributed by atoms with van der Waals surface area (Å²) in [6.45, 7) is 3.60. The van der Waals surface area contributed by atoms with Gasteiger partial charge in [-0.1, -0.05) is 54.1 Å². The number of amides is 2. The Morgan fingerprint density at radius 2 is 1.87 bits per heavy atom. The zero-order valence-electron chi connectivity index (χ0n) is 16.8. The molecule has 1 aliphatic rings. The first-order chi connectivity index (χ1) is 14.5. The third kappa shape index (κ3) is 4.39. The molecule has 1 aliphatic heterocycles. The molecular weight excluding hydrogens is 400 g/mol. The quantitative estimate of drug-likeness (QED) is 0.645. The molecule has 2 heterocycles. The highest BCUT2D eigenvalue weighted by molar-refractivity contribution is 6.33. The number of hydrogen-bond donors (Lipinski definition) is 1. The second-order valence-corrected chi connectivity index (χ2v) is 7.83. The SMILES string of the molecule is Cc1nn(Cc2ccccc2)c(Cl)c1C(=O)Nc1cccc(CN2CCCC2=O)c1. The average molecular weight is 423 g/mol. The monoisotopic (exact) mass is 422 g/mol. The fraction of sp³-hybridized carbons (Fsp3) is 0.261. The summed E-state index contributed by atoms with van der Waals surface area (Å²) in [7, 11) is 0. The number of nitrogens with one attached hydrogen (secondary N) is 1. The molecule has 30 heavy (non-hydrogen) atoms. The average Bonchev–Trinajstić information content (AvgIpc) is 3.25. The molecule has 1 saturated heterocycles. The van der Waals surface area contributed by atoms with E-state index in [-0.39, 0.29) is 11.8 Å². The van der Waals surface area contributed by atoms with Crippen LogP contribution in [0.4, 0.5) is 5.69 Å². The molecule has 0 bridgehead atoms. The Morgan fingerprint density at radius 3 is 2.60 bits per heavy atom. The van der Waals surface area contributed by atoms with E-state index in [1.54, 1.807) is 11.6 Å². The van der Waals surface area contributed by atoms with Gasteiger partial charge in [0.05, 0.1) is 17.8 Å². The van der Waals surface area contributed by atoms with Gasteiger partial charge in [0.2, 0.25) is 5.91 Å². The van der Waals surface area contributed by atoms with Gasteiger partial charge >= 0.3 is 0 Å². The lowest BCUT2D eigenvalue weighted by molar-refractivity contribution is -0.128. The van der Waals surface area contributed by atoms with E-state index in [1.165, 1.54) is 0 Å². The van der Waals surface area contributed by atoms with E-state index in [1.807, 2.05) is 59.5 Å². The van der Waals surface area contributed by atoms with Gasteiger partial charge in [-0.3, -0.25) is 9.59 Å². The number of anilines is 1. The molecule has 0 radical (unpaired) electrons. The molecular formula is C23H23ClN4O2. The molecule has 3 aromatic rings. The van der Waals surface area contributed by atoms with E-state index < -0.39 is 0 Å². The summed E-state index contributed by atoms with van der Waals surface area (Å²) in [6.07, 6.45) is 1.52. The molecule has 4 rings (SSSR count). The number of carbonyl (C=O) groups excluding carboxylic acids is 2. The largest absolute Gasteiger partial charge is 0.338 e. The molecule has 0 atom stereocenters. The van der Waals surface area contributed by atoms with Crippen molar-refractivity contribution in [2.75, 3.05) is 11.9 Å². The molecule has 154 valence electrons. The third-order valence-electron chi connectivity index (χ3n) is 5.20. The molecule has 6 nitrogen and oxygen atoms in total. The van der Waals surface area contributed by atoms with Crippen molar-refractivity contribution in [1.29, 1.82) is 0 Å². The Balaban J connectivity index is 1.49. The number of rotatable bonds is 6. The Kier molecular flexibility index (Phi) is 5.86. The molecule has 0 unspecified atom stereocenters. The third-order valence-corrected chi connectivity index (χ3v) is 5.58. The lowest BCUT2D eigenvalue weighted by Gasteiger charge is -2.16. The maximum absolute atomic E-state index is 12.9. The molecule has 0 spiro atoms. The highest BCUT2D eigenvalue weighted by atomic mass is 35.5. The van der Waals surface area contributed by atoms with Crippen molar-refractivity contribution in [3.05, 3.63) is 82.1 Å². The number of hydrogen-bond acceptors (Lipinski definition) is 3. The number of aromatic nitrogens is 2. The zero-order chi connectivity index (χ0) is 21.1. The van der Waals surface area contributed by atoms with E-state index in [0.29, 0.717) is 41.6 Å². The Labute approximate surface area is 180 Å². The fourth-order valence-electron chi connectivity index (χ4n) is 3.71. The lowest BCUT2D eigenvalue weighted by atomic mass is 10.1. The summed E-state index contributed by atoms with van der Waals surface area (Å²) in [5, 5.41) is 7.67. The molecule has 2 amide bonds. The van der Waals surface area contributed by atoms with Crippen LogP contribution in [-0.2, 0) is 17.9 Å². The molecule has 1 fully saturated rings. The minimum Gasteiger partial charge on any atom is -0.338 e. The standard InChI is InChI=1S/C23H23ClN4O2/c1-16-21(22(24)28(26-16)15-17-7-3-2-4-8-17)23(30)25-19-10-5-9-18(13-19)14-27-12-6-11-20(27)29/h2-5,7-10,13H,6,11-12,14-15H2,1H3,(H,25,30). The van der Waals surface area contributed by atoms with Crippen molar-refractivity contribution in [2.24, 2.45) is 0 Å². The first kappa shape index (κ1) is 20.2. The normalized spacial score (nSPS) is 13.7. The Morgan fingerprint density at radius 1 is 1.10 bits per heavy atom. The molecule has 0 aliphatic carbocycles. The van der Waals surface area contributed by atoms with Gasteiger partial charge in [-0.2, -0.15) is 5.10 Å². The second-order valence-electron chi connectivity index (χ2n) is 7.47. The van der Waals surface area contributed by atoms with Gasteiger partial charge in [0.15, 0.2) is 0 Å². The molecule has 1 aromatic heterocycles. The summed E-state index contributed by atoms with van der Waals surface area (Å²) in [5.41, 5.74) is 3.64. The van der Waals surface area contributed by atoms with Crippen molar-refractivity contribution >= 4 is 29.1 Å². The van der Waals surface area contributed by atoms with Gasteiger partial charge in [-0.15, -0.1) is 0 Å². The van der Waals surface area contributed by atoms with Crippen LogP contribution in [0.5, 0.6) is 0 Å². The van der Waals surface area contributed by atoms with Crippen LogP contribution in [0.25, 0.3) is 0 Å². The molecule has 7 heteroatoms. The van der Waals surface area contributed by atoms with E-state index in [4.69, 9.17) is 11.6 Å². The van der Waals surface area contributed by atoms with Crippen LogP contribution in [0.1, 0.15) is 40.0 Å². The molecule has 0 saturated carbocycles. The van der Waals surface area contributed by atoms with Gasteiger partial charge < -0.3 is 10.2 Å². The number of likely N-dealkylation sites (tertiary alicyclic amines) is 1. The van der Waals surface area contributed by atoms with Crippen LogP contribution < -0.4 is 5.32 Å². The maximum atomic E-state index is 12.9. The van der Waals surface area contributed by atoms with Gasteiger partial charge in [0, 0.05) is 25.2 Å². The van der Waals surface area contributed by atoms with E-state index >= 15 is 0 Å². The number of benzene rings is 2. The maximum Gasteiger partial charge on any atom is 0.260 e. The number of aryl methyl sites for hydroxylation is 1. The highest BCUT2D eigenvalue weighted by Gasteiger charge is 2.22. The van der Waals surface area contributed by atoms with Gasteiger partial charge in [0.1, 0.15) is 5.15 Å². The number of carbonyl (C=O) groups is 2. The van der Waals surface area contributed by atoms with E-state index in [0.717, 1.165) is 24.1 Å². The topological polar surface area (TPSA) is 67.2 Å². The van der Waals surface area contributed by atoms with Gasteiger partial charge in [-0.05, 0) is 36.6 Å². The van der Waals surface area contributed by atoms with Crippen LogP contribution in [-0.4, -0.2) is 33.0 Å². The first-order valence-corrected chi connectivity index (χ1v) is 10.3. The fourth-order valence-corrected chi connectivity index (χ4v) is 4.03. The van der Waals surface area contributed by atoms with Crippen LogP contribution in [0.2, 0.25) is 5.15 Å². The minimum absolute atomic E-state index is 0.178. The second kappa shape index (κ2) is 8.71. The predicted octanol–water partition coefficient (Wildman–Crippen LogP) is 4.27. The number of halogens is 1. The van der Waals surface area contributed by atoms with Crippen LogP contribution in [0, 0.1) is 6.92 Å². The molecule has 1 N–H and O–H groups in total.